The van der Waals surface area contributed by atoms with Crippen LogP contribution >= 0.6 is 0 Å². The number of esters is 1. The highest BCUT2D eigenvalue weighted by atomic mass is 19.1. The smallest absolute Gasteiger partial charge is 0.340 e. The third-order valence-electron chi connectivity index (χ3n) is 3.49. The molecule has 1 saturated heterocycles. The van der Waals surface area contributed by atoms with Gasteiger partial charge in [0.05, 0.1) is 18.4 Å². The summed E-state index contributed by atoms with van der Waals surface area (Å²) < 4.78 is 18.4. The fourth-order valence-electron chi connectivity index (χ4n) is 2.37. The van der Waals surface area contributed by atoms with Gasteiger partial charge in [-0.15, -0.1) is 0 Å². The van der Waals surface area contributed by atoms with Crippen molar-refractivity contribution < 1.29 is 13.9 Å². The molecule has 110 valence electrons. The highest BCUT2D eigenvalue weighted by molar-refractivity contribution is 5.96. The van der Waals surface area contributed by atoms with E-state index in [1.54, 1.807) is 0 Å². The number of anilines is 2. The van der Waals surface area contributed by atoms with Gasteiger partial charge in [-0.3, -0.25) is 0 Å². The van der Waals surface area contributed by atoms with Crippen LogP contribution in [0.1, 0.15) is 23.2 Å². The van der Waals surface area contributed by atoms with Crippen LogP contribution in [0.4, 0.5) is 15.8 Å². The van der Waals surface area contributed by atoms with Crippen molar-refractivity contribution in [1.29, 1.82) is 0 Å². The number of hydrogen-bond donors (Lipinski definition) is 2. The van der Waals surface area contributed by atoms with Crippen LogP contribution in [0.15, 0.2) is 12.1 Å². The van der Waals surface area contributed by atoms with E-state index in [0.29, 0.717) is 6.54 Å². The molecule has 3 N–H and O–H groups in total. The molecule has 0 aromatic heterocycles. The SMILES string of the molecule is COC(=O)c1cc(NCCN2CCCC2)c(F)cc1N. The van der Waals surface area contributed by atoms with E-state index in [1.165, 1.54) is 26.0 Å². The summed E-state index contributed by atoms with van der Waals surface area (Å²) in [5.41, 5.74) is 6.16. The summed E-state index contributed by atoms with van der Waals surface area (Å²) in [4.78, 5) is 13.8. The first-order valence-electron chi connectivity index (χ1n) is 6.75. The van der Waals surface area contributed by atoms with Crippen molar-refractivity contribution in [1.82, 2.24) is 4.90 Å². The molecule has 0 bridgehead atoms. The number of benzene rings is 1. The van der Waals surface area contributed by atoms with Crippen LogP contribution in [-0.2, 0) is 4.74 Å². The number of nitrogens with two attached hydrogens (primary N) is 1. The van der Waals surface area contributed by atoms with Gasteiger partial charge >= 0.3 is 5.97 Å². The molecule has 1 aliphatic heterocycles. The van der Waals surface area contributed by atoms with Crippen molar-refractivity contribution >= 4 is 17.3 Å². The molecule has 0 saturated carbocycles. The lowest BCUT2D eigenvalue weighted by Gasteiger charge is -2.16. The summed E-state index contributed by atoms with van der Waals surface area (Å²) in [5, 5.41) is 3.01. The Bertz CT molecular complexity index is 488. The normalized spacial score (nSPS) is 15.3. The molecule has 1 aromatic carbocycles. The number of nitrogens with zero attached hydrogens (tertiary/aromatic N) is 1. The summed E-state index contributed by atoms with van der Waals surface area (Å²) in [5.74, 6) is -1.03. The molecule has 1 aromatic rings. The second-order valence-corrected chi connectivity index (χ2v) is 4.89. The van der Waals surface area contributed by atoms with Gasteiger partial charge in [0.2, 0.25) is 0 Å². The van der Waals surface area contributed by atoms with Crippen LogP contribution in [0.25, 0.3) is 0 Å². The van der Waals surface area contributed by atoms with Gasteiger partial charge in [0.25, 0.3) is 0 Å². The van der Waals surface area contributed by atoms with E-state index < -0.39 is 11.8 Å². The predicted octanol–water partition coefficient (Wildman–Crippen LogP) is 1.70. The van der Waals surface area contributed by atoms with Crippen LogP contribution in [0.2, 0.25) is 0 Å². The van der Waals surface area contributed by atoms with Gasteiger partial charge in [0.1, 0.15) is 5.82 Å². The first-order valence-corrected chi connectivity index (χ1v) is 6.75. The molecule has 2 rings (SSSR count). The monoisotopic (exact) mass is 281 g/mol. The lowest BCUT2D eigenvalue weighted by molar-refractivity contribution is 0.0602. The average Bonchev–Trinajstić information content (AvgIpc) is 2.93. The molecule has 0 unspecified atom stereocenters. The summed E-state index contributed by atoms with van der Waals surface area (Å²) in [6.45, 7) is 3.68. The number of ether oxygens (including phenoxy) is 1. The molecule has 20 heavy (non-hydrogen) atoms. The highest BCUT2D eigenvalue weighted by Crippen LogP contribution is 2.22. The number of carbonyl (C=O) groups is 1. The summed E-state index contributed by atoms with van der Waals surface area (Å²) in [6.07, 6.45) is 2.45. The van der Waals surface area contributed by atoms with Gasteiger partial charge in [-0.05, 0) is 38.1 Å². The topological polar surface area (TPSA) is 67.6 Å². The summed E-state index contributed by atoms with van der Waals surface area (Å²) >= 11 is 0. The van der Waals surface area contributed by atoms with E-state index in [4.69, 9.17) is 5.73 Å². The number of nitrogens with one attached hydrogen (secondary N) is 1. The second kappa shape index (κ2) is 6.56. The average molecular weight is 281 g/mol. The van der Waals surface area contributed by atoms with Crippen LogP contribution in [0.3, 0.4) is 0 Å². The molecule has 1 heterocycles. The third kappa shape index (κ3) is 3.39. The Morgan fingerprint density at radius 1 is 1.45 bits per heavy atom. The van der Waals surface area contributed by atoms with Crippen molar-refractivity contribution in [2.24, 2.45) is 0 Å². The quantitative estimate of drug-likeness (QED) is 0.635. The van der Waals surface area contributed by atoms with E-state index in [-0.39, 0.29) is 16.9 Å². The molecular formula is C14H20FN3O2. The minimum atomic E-state index is -0.565. The fourth-order valence-corrected chi connectivity index (χ4v) is 2.37. The molecular weight excluding hydrogens is 261 g/mol. The van der Waals surface area contributed by atoms with Crippen molar-refractivity contribution in [3.05, 3.63) is 23.5 Å². The zero-order chi connectivity index (χ0) is 14.5. The zero-order valence-electron chi connectivity index (χ0n) is 11.6. The Labute approximate surface area is 117 Å². The number of methoxy groups -OCH3 is 1. The van der Waals surface area contributed by atoms with Gasteiger partial charge in [-0.25, -0.2) is 9.18 Å². The Kier molecular flexibility index (Phi) is 4.79. The molecule has 0 atom stereocenters. The Morgan fingerprint density at radius 3 is 2.80 bits per heavy atom. The molecule has 0 radical (unpaired) electrons. The fraction of sp³-hybridized carbons (Fsp3) is 0.500. The maximum atomic E-state index is 13.8. The number of nitrogen functional groups attached to an aromatic ring is 1. The second-order valence-electron chi connectivity index (χ2n) is 4.89. The van der Waals surface area contributed by atoms with Crippen LogP contribution < -0.4 is 11.1 Å². The van der Waals surface area contributed by atoms with Gasteiger partial charge < -0.3 is 20.7 Å². The van der Waals surface area contributed by atoms with E-state index in [1.807, 2.05) is 0 Å². The summed E-state index contributed by atoms with van der Waals surface area (Å²) in [6, 6.07) is 2.55. The maximum Gasteiger partial charge on any atom is 0.340 e. The van der Waals surface area contributed by atoms with Crippen LogP contribution in [-0.4, -0.2) is 44.2 Å². The zero-order valence-corrected chi connectivity index (χ0v) is 11.6. The molecule has 1 fully saturated rings. The van der Waals surface area contributed by atoms with Gasteiger partial charge in [-0.2, -0.15) is 0 Å². The van der Waals surface area contributed by atoms with Gasteiger partial charge in [0.15, 0.2) is 0 Å². The van der Waals surface area contributed by atoms with Crippen molar-refractivity contribution in [3.8, 4) is 0 Å². The molecule has 1 aliphatic rings. The van der Waals surface area contributed by atoms with Crippen molar-refractivity contribution in [2.75, 3.05) is 44.3 Å². The number of halogens is 1. The molecule has 0 spiro atoms. The first-order chi connectivity index (χ1) is 9.61. The number of carbonyl (C=O) groups excluding carboxylic acids is 1. The van der Waals surface area contributed by atoms with Crippen molar-refractivity contribution in [2.45, 2.75) is 12.8 Å². The lowest BCUT2D eigenvalue weighted by atomic mass is 10.1. The van der Waals surface area contributed by atoms with Crippen LogP contribution in [0.5, 0.6) is 0 Å². The molecule has 0 aliphatic carbocycles. The Hall–Kier alpha value is -1.82. The standard InChI is InChI=1S/C14H20FN3O2/c1-20-14(19)10-8-13(11(15)9-12(10)16)17-4-7-18-5-2-3-6-18/h8-9,17H,2-7,16H2,1H3. The Morgan fingerprint density at radius 2 is 2.15 bits per heavy atom. The minimum absolute atomic E-state index is 0.0828. The predicted molar refractivity (Wildman–Crippen MR) is 76.3 cm³/mol. The third-order valence-corrected chi connectivity index (χ3v) is 3.49. The lowest BCUT2D eigenvalue weighted by Crippen LogP contribution is -2.26. The molecule has 6 heteroatoms. The van der Waals surface area contributed by atoms with Crippen LogP contribution in [0, 0.1) is 5.82 Å². The largest absolute Gasteiger partial charge is 0.465 e. The first kappa shape index (κ1) is 14.6. The maximum absolute atomic E-state index is 13.8. The molecule has 5 nitrogen and oxygen atoms in total. The van der Waals surface area contributed by atoms with Gasteiger partial charge in [-0.1, -0.05) is 0 Å². The van der Waals surface area contributed by atoms with E-state index >= 15 is 0 Å². The highest BCUT2D eigenvalue weighted by Gasteiger charge is 2.15. The van der Waals surface area contributed by atoms with Gasteiger partial charge in [0, 0.05) is 18.8 Å². The van der Waals surface area contributed by atoms with E-state index in [2.05, 4.69) is 15.0 Å². The number of rotatable bonds is 5. The number of hydrogen-bond acceptors (Lipinski definition) is 5. The molecule has 0 amide bonds. The van der Waals surface area contributed by atoms with Crippen molar-refractivity contribution in [3.63, 3.8) is 0 Å². The van der Waals surface area contributed by atoms with E-state index in [9.17, 15) is 9.18 Å². The Balaban J connectivity index is 2.00. The minimum Gasteiger partial charge on any atom is -0.465 e. The number of likely N-dealkylation sites (tertiary alicyclic amines) is 1. The van der Waals surface area contributed by atoms with E-state index in [0.717, 1.165) is 25.7 Å². The summed E-state index contributed by atoms with van der Waals surface area (Å²) in [7, 11) is 1.27.